The number of aryl methyl sites for hydroxylation is 1. The molecule has 0 spiro atoms. The number of nitrogens with one attached hydrogen (secondary N) is 3. The summed E-state index contributed by atoms with van der Waals surface area (Å²) in [5, 5.41) is 15.7. The lowest BCUT2D eigenvalue weighted by atomic mass is 9.38. The summed E-state index contributed by atoms with van der Waals surface area (Å²) in [7, 11) is -3.36. The molecule has 72 heavy (non-hydrogen) atoms. The maximum Gasteiger partial charge on any atom is 0.355 e. The maximum absolute atomic E-state index is 14.1. The van der Waals surface area contributed by atoms with Crippen LogP contribution >= 0.6 is 0 Å². The molecule has 372 valence electrons. The minimum Gasteiger partial charge on any atom is -0.484 e. The molecule has 3 saturated carbocycles. The molecule has 1 unspecified atom stereocenters. The molecule has 2 saturated heterocycles. The summed E-state index contributed by atoms with van der Waals surface area (Å²) in [4.78, 5) is 72.8. The molecule has 6 aliphatic rings. The molecule has 6 aromatic rings. The van der Waals surface area contributed by atoms with Gasteiger partial charge in [-0.3, -0.25) is 48.3 Å². The molecule has 19 nitrogen and oxygen atoms in total. The van der Waals surface area contributed by atoms with Crippen LogP contribution in [-0.4, -0.2) is 103 Å². The summed E-state index contributed by atoms with van der Waals surface area (Å²) in [5.41, 5.74) is 9.48. The highest BCUT2D eigenvalue weighted by Crippen LogP contribution is 2.69. The number of rotatable bonds is 13. The number of nitrogen functional groups attached to an aromatic ring is 1. The van der Waals surface area contributed by atoms with Gasteiger partial charge in [-0.2, -0.15) is 19.0 Å². The van der Waals surface area contributed by atoms with Crippen LogP contribution in [-0.2, 0) is 31.5 Å². The van der Waals surface area contributed by atoms with Gasteiger partial charge in [0.15, 0.2) is 0 Å². The third-order valence-corrected chi connectivity index (χ3v) is 15.6. The number of aromatic nitrogens is 5. The second-order valence-electron chi connectivity index (χ2n) is 19.3. The van der Waals surface area contributed by atoms with Gasteiger partial charge < -0.3 is 20.7 Å². The van der Waals surface area contributed by atoms with E-state index in [1.165, 1.54) is 42.5 Å². The first-order valence-corrected chi connectivity index (χ1v) is 24.8. The average Bonchev–Trinajstić information content (AvgIpc) is 4.03. The van der Waals surface area contributed by atoms with E-state index in [0.717, 1.165) is 10.5 Å². The topological polar surface area (TPSA) is 246 Å². The Morgan fingerprint density at radius 3 is 2.38 bits per heavy atom. The maximum atomic E-state index is 14.1. The SMILES string of the molecule is C[C@H](Oc1cc(-c2nn(C)c3c(-c4cnn(C5CCN(C(=O)C67CC(Nc8cccc9c8C(=O)N(C8CCC(=O)NC8=O)C9=O)(C6)C7)CC5)c4)cnc(N)c23)ccc1NS(=O)(=O)C(F)F)c1ccc(F)cc1. The van der Waals surface area contributed by atoms with Crippen molar-refractivity contribution in [2.45, 2.75) is 81.4 Å². The number of benzene rings is 3. The Morgan fingerprint density at radius 2 is 1.67 bits per heavy atom. The van der Waals surface area contributed by atoms with E-state index in [-0.39, 0.29) is 53.2 Å². The van der Waals surface area contributed by atoms with Crippen molar-refractivity contribution in [1.82, 2.24) is 39.7 Å². The predicted molar refractivity (Wildman–Crippen MR) is 254 cm³/mol. The molecule has 3 aliphatic carbocycles. The number of carbonyl (C=O) groups is 5. The smallest absolute Gasteiger partial charge is 0.355 e. The molecule has 2 bridgehead atoms. The molecule has 5 N–H and O–H groups in total. The fraction of sp³-hybridized carbons (Fsp3) is 0.347. The molecule has 23 heteroatoms. The van der Waals surface area contributed by atoms with Crippen molar-refractivity contribution in [1.29, 1.82) is 0 Å². The van der Waals surface area contributed by atoms with Gasteiger partial charge in [0, 0.05) is 66.9 Å². The van der Waals surface area contributed by atoms with Gasteiger partial charge in [0.25, 0.3) is 21.8 Å². The van der Waals surface area contributed by atoms with Crippen LogP contribution in [0.25, 0.3) is 33.3 Å². The number of likely N-dealkylation sites (tertiary alicyclic amines) is 1. The summed E-state index contributed by atoms with van der Waals surface area (Å²) in [5.74, 6) is -6.35. The number of imide groups is 2. The number of hydrogen-bond acceptors (Lipinski definition) is 13. The largest absolute Gasteiger partial charge is 0.484 e. The van der Waals surface area contributed by atoms with E-state index < -0.39 is 68.3 Å². The lowest BCUT2D eigenvalue weighted by Crippen LogP contribution is -2.75. The van der Waals surface area contributed by atoms with Crippen molar-refractivity contribution in [2.24, 2.45) is 12.5 Å². The summed E-state index contributed by atoms with van der Waals surface area (Å²) in [6.07, 6.45) is 7.59. The van der Waals surface area contributed by atoms with Crippen LogP contribution in [0.5, 0.6) is 5.75 Å². The highest BCUT2D eigenvalue weighted by atomic mass is 32.2. The van der Waals surface area contributed by atoms with E-state index in [9.17, 15) is 45.6 Å². The molecule has 2 atom stereocenters. The number of amides is 5. The zero-order valence-corrected chi connectivity index (χ0v) is 39.5. The van der Waals surface area contributed by atoms with Crippen molar-refractivity contribution in [3.05, 3.63) is 102 Å². The highest BCUT2D eigenvalue weighted by molar-refractivity contribution is 7.93. The zero-order chi connectivity index (χ0) is 50.6. The van der Waals surface area contributed by atoms with Gasteiger partial charge in [0.1, 0.15) is 35.2 Å². The highest BCUT2D eigenvalue weighted by Gasteiger charge is 2.72. The van der Waals surface area contributed by atoms with Crippen molar-refractivity contribution < 1.29 is 50.3 Å². The number of carbonyl (C=O) groups excluding carboxylic acids is 5. The number of ether oxygens (including phenoxy) is 1. The second kappa shape index (κ2) is 16.9. The van der Waals surface area contributed by atoms with Crippen LogP contribution in [0.1, 0.15) is 90.3 Å². The van der Waals surface area contributed by atoms with Gasteiger partial charge in [-0.05, 0) is 87.4 Å². The summed E-state index contributed by atoms with van der Waals surface area (Å²) >= 11 is 0. The van der Waals surface area contributed by atoms with Crippen LogP contribution in [0.2, 0.25) is 0 Å². The number of sulfonamides is 1. The number of nitrogens with two attached hydrogens (primary N) is 1. The average molecular weight is 1010 g/mol. The molecule has 3 aromatic carbocycles. The van der Waals surface area contributed by atoms with Gasteiger partial charge in [0.05, 0.1) is 45.4 Å². The van der Waals surface area contributed by atoms with Crippen LogP contribution in [0, 0.1) is 11.2 Å². The number of fused-ring (bicyclic) bond motifs is 2. The van der Waals surface area contributed by atoms with Crippen molar-refractivity contribution in [2.75, 3.05) is 28.9 Å². The number of pyridine rings is 1. The van der Waals surface area contributed by atoms with Crippen LogP contribution in [0.15, 0.2) is 79.3 Å². The minimum absolute atomic E-state index is 0.0138. The normalized spacial score (nSPS) is 22.4. The van der Waals surface area contributed by atoms with Crippen molar-refractivity contribution >= 4 is 67.7 Å². The zero-order valence-electron chi connectivity index (χ0n) is 38.7. The van der Waals surface area contributed by atoms with Crippen LogP contribution in [0.4, 0.5) is 30.4 Å². The quantitative estimate of drug-likeness (QED) is 0.0983. The van der Waals surface area contributed by atoms with E-state index in [1.54, 1.807) is 49.2 Å². The lowest BCUT2D eigenvalue weighted by Gasteiger charge is -2.70. The van der Waals surface area contributed by atoms with Gasteiger partial charge in [-0.25, -0.2) is 17.8 Å². The molecule has 5 fully saturated rings. The Bertz CT molecular complexity index is 3390. The number of hydrogen-bond donors (Lipinski definition) is 4. The summed E-state index contributed by atoms with van der Waals surface area (Å²) in [6.45, 7) is 2.69. The minimum atomic E-state index is -5.09. The molecular weight excluding hydrogens is 960 g/mol. The van der Waals surface area contributed by atoms with Gasteiger partial charge in [-0.1, -0.05) is 24.3 Å². The summed E-state index contributed by atoms with van der Waals surface area (Å²) < 4.78 is 76.8. The van der Waals surface area contributed by atoms with Crippen LogP contribution < -0.4 is 25.8 Å². The third kappa shape index (κ3) is 7.67. The van der Waals surface area contributed by atoms with E-state index in [1.807, 2.05) is 20.5 Å². The molecule has 3 aromatic heterocycles. The molecule has 6 heterocycles. The number of anilines is 3. The Hall–Kier alpha value is -7.82. The number of alkyl halides is 2. The van der Waals surface area contributed by atoms with Gasteiger partial charge >= 0.3 is 5.76 Å². The molecule has 12 rings (SSSR count). The monoisotopic (exact) mass is 1010 g/mol. The Balaban J connectivity index is 0.763. The van der Waals surface area contributed by atoms with E-state index in [0.29, 0.717) is 84.2 Å². The first-order valence-electron chi connectivity index (χ1n) is 23.3. The second-order valence-corrected chi connectivity index (χ2v) is 21.0. The van der Waals surface area contributed by atoms with Crippen molar-refractivity contribution in [3.8, 4) is 28.1 Å². The predicted octanol–water partition coefficient (Wildman–Crippen LogP) is 5.92. The Labute approximate surface area is 408 Å². The fourth-order valence-electron chi connectivity index (χ4n) is 11.2. The van der Waals surface area contributed by atoms with E-state index in [4.69, 9.17) is 20.7 Å². The fourth-order valence-corrected chi connectivity index (χ4v) is 11.8. The first-order chi connectivity index (χ1) is 34.3. The Kier molecular flexibility index (Phi) is 10.9. The first kappa shape index (κ1) is 46.6. The molecule has 3 aliphatic heterocycles. The van der Waals surface area contributed by atoms with Crippen molar-refractivity contribution in [3.63, 3.8) is 0 Å². The molecular formula is C49H46F3N11O8S. The number of halogens is 3. The van der Waals surface area contributed by atoms with E-state index in [2.05, 4.69) is 15.6 Å². The van der Waals surface area contributed by atoms with Crippen LogP contribution in [0.3, 0.4) is 0 Å². The number of piperidine rings is 2. The van der Waals surface area contributed by atoms with Gasteiger partial charge in [0.2, 0.25) is 17.7 Å². The molecule has 0 radical (unpaired) electrons. The summed E-state index contributed by atoms with van der Waals surface area (Å²) in [6, 6.07) is 13.6. The Morgan fingerprint density at radius 1 is 0.931 bits per heavy atom. The standard InChI is InChI=1S/C49H46F3N11O8S/c1-25(26-6-9-29(50)10-7-26)71-36-18-27(8-11-33(36)59-72(69,70)47(51)52)40-39-41(60(2)58-40)32(20-54-42(39)53)28-19-55-62(21-28)30-14-16-61(17-15-30)46(68)48-22-49(23-48,24-48)57-34-5-3-4-31-38(34)45(67)63(44(31)66)35-12-13-37(64)56-43(35)65/h3-11,18-21,25,30,35,47,57,59H,12-17,22-24H2,1-2H3,(H2,53,54)(H,56,64,65)/t25-,35?,48?,49?/m0/s1. The number of nitrogens with zero attached hydrogens (tertiary/aromatic N) is 7. The van der Waals surface area contributed by atoms with Gasteiger partial charge in [-0.15, -0.1) is 0 Å². The lowest BCUT2D eigenvalue weighted by molar-refractivity contribution is -0.180. The van der Waals surface area contributed by atoms with E-state index >= 15 is 0 Å². The third-order valence-electron chi connectivity index (χ3n) is 14.7. The molecule has 5 amide bonds.